The fraction of sp³-hybridized carbons (Fsp3) is 0.308. The van der Waals surface area contributed by atoms with Crippen molar-refractivity contribution >= 4 is 5.97 Å². The maximum atomic E-state index is 10.2. The van der Waals surface area contributed by atoms with Gasteiger partial charge in [-0.15, -0.1) is 12.3 Å². The monoisotopic (exact) mass is 220 g/mol. The lowest BCUT2D eigenvalue weighted by Crippen LogP contribution is -2.04. The maximum Gasteiger partial charge on any atom is 0.306 e. The first-order valence-corrected chi connectivity index (χ1v) is 5.00. The molecule has 16 heavy (non-hydrogen) atoms. The molecule has 86 valence electrons. The number of benzene rings is 1. The molecule has 0 aliphatic rings. The van der Waals surface area contributed by atoms with Crippen LogP contribution in [0.4, 0.5) is 0 Å². The van der Waals surface area contributed by atoms with Gasteiger partial charge in [0.05, 0.1) is 12.5 Å². The topological polar surface area (TPSA) is 57.5 Å². The Morgan fingerprint density at radius 2 is 1.94 bits per heavy atom. The summed E-state index contributed by atoms with van der Waals surface area (Å²) in [5.74, 6) is 1.44. The van der Waals surface area contributed by atoms with E-state index in [2.05, 4.69) is 5.92 Å². The molecule has 0 bridgehead atoms. The molecular formula is C13H16O3. The predicted octanol–water partition coefficient (Wildman–Crippen LogP) is 2.22. The standard InChI is InChI=1S/C9H10O3.C4H6/c10-8(6-9(11)12)7-4-2-1-3-5-7;1-3-4-2/h1-5,8,10H,6H2,(H,11,12);1H,4H2,2H3. The molecule has 0 radical (unpaired) electrons. The van der Waals surface area contributed by atoms with Gasteiger partial charge in [-0.2, -0.15) is 0 Å². The van der Waals surface area contributed by atoms with Gasteiger partial charge in [0.25, 0.3) is 0 Å². The van der Waals surface area contributed by atoms with Gasteiger partial charge in [0.15, 0.2) is 0 Å². The normalized spacial score (nSPS) is 10.6. The van der Waals surface area contributed by atoms with E-state index in [1.54, 1.807) is 24.3 Å². The molecule has 1 rings (SSSR count). The van der Waals surface area contributed by atoms with Crippen LogP contribution in [0, 0.1) is 12.3 Å². The first-order chi connectivity index (χ1) is 7.61. The molecule has 0 aliphatic heterocycles. The second kappa shape index (κ2) is 8.51. The second-order valence-electron chi connectivity index (χ2n) is 3.08. The number of hydrogen-bond acceptors (Lipinski definition) is 2. The number of hydrogen-bond donors (Lipinski definition) is 2. The van der Waals surface area contributed by atoms with E-state index in [1.807, 2.05) is 13.0 Å². The van der Waals surface area contributed by atoms with E-state index in [-0.39, 0.29) is 6.42 Å². The number of aliphatic hydroxyl groups is 1. The van der Waals surface area contributed by atoms with E-state index in [1.165, 1.54) is 0 Å². The van der Waals surface area contributed by atoms with Gasteiger partial charge in [0.2, 0.25) is 0 Å². The third-order valence-corrected chi connectivity index (χ3v) is 1.76. The van der Waals surface area contributed by atoms with Gasteiger partial charge in [-0.3, -0.25) is 4.79 Å². The van der Waals surface area contributed by atoms with Crippen LogP contribution in [0.25, 0.3) is 0 Å². The van der Waals surface area contributed by atoms with Crippen LogP contribution in [0.2, 0.25) is 0 Å². The van der Waals surface area contributed by atoms with Crippen LogP contribution in [0.3, 0.4) is 0 Å². The fourth-order valence-electron chi connectivity index (χ4n) is 0.958. The number of aliphatic carboxylic acids is 1. The molecule has 1 unspecified atom stereocenters. The van der Waals surface area contributed by atoms with Crippen LogP contribution < -0.4 is 0 Å². The zero-order valence-corrected chi connectivity index (χ0v) is 9.26. The summed E-state index contributed by atoms with van der Waals surface area (Å²) in [4.78, 5) is 10.2. The molecule has 0 saturated carbocycles. The van der Waals surface area contributed by atoms with E-state index in [9.17, 15) is 9.90 Å². The van der Waals surface area contributed by atoms with Crippen LogP contribution >= 0.6 is 0 Å². The van der Waals surface area contributed by atoms with E-state index in [4.69, 9.17) is 11.5 Å². The van der Waals surface area contributed by atoms with Crippen molar-refractivity contribution in [1.29, 1.82) is 0 Å². The highest BCUT2D eigenvalue weighted by Gasteiger charge is 2.10. The van der Waals surface area contributed by atoms with E-state index < -0.39 is 12.1 Å². The molecule has 0 aliphatic carbocycles. The molecule has 3 nitrogen and oxygen atoms in total. The van der Waals surface area contributed by atoms with E-state index in [0.29, 0.717) is 5.56 Å². The Kier molecular flexibility index (Phi) is 7.56. The van der Waals surface area contributed by atoms with Crippen LogP contribution in [-0.4, -0.2) is 16.2 Å². The Balaban J connectivity index is 0.000000487. The molecule has 1 atom stereocenters. The quantitative estimate of drug-likeness (QED) is 0.768. The highest BCUT2D eigenvalue weighted by molar-refractivity contribution is 5.67. The number of carboxylic acids is 1. The third-order valence-electron chi connectivity index (χ3n) is 1.76. The Hall–Kier alpha value is -1.79. The van der Waals surface area contributed by atoms with Gasteiger partial charge in [-0.25, -0.2) is 0 Å². The lowest BCUT2D eigenvalue weighted by atomic mass is 10.1. The van der Waals surface area contributed by atoms with Crippen molar-refractivity contribution in [3.05, 3.63) is 35.9 Å². The Bertz CT molecular complexity index is 338. The minimum Gasteiger partial charge on any atom is -0.481 e. The van der Waals surface area contributed by atoms with Crippen molar-refractivity contribution in [2.24, 2.45) is 0 Å². The average Bonchev–Trinajstić information content (AvgIpc) is 2.30. The molecule has 0 amide bonds. The van der Waals surface area contributed by atoms with Crippen molar-refractivity contribution in [2.45, 2.75) is 25.9 Å². The van der Waals surface area contributed by atoms with Crippen molar-refractivity contribution in [1.82, 2.24) is 0 Å². The first-order valence-electron chi connectivity index (χ1n) is 5.00. The molecular weight excluding hydrogens is 204 g/mol. The minimum atomic E-state index is -0.994. The number of terminal acetylenes is 1. The predicted molar refractivity (Wildman–Crippen MR) is 62.8 cm³/mol. The summed E-state index contributed by atoms with van der Waals surface area (Å²) in [6.07, 6.45) is 4.48. The average molecular weight is 220 g/mol. The maximum absolute atomic E-state index is 10.2. The third kappa shape index (κ3) is 6.63. The minimum absolute atomic E-state index is 0.246. The lowest BCUT2D eigenvalue weighted by molar-refractivity contribution is -0.139. The summed E-state index contributed by atoms with van der Waals surface area (Å²) in [7, 11) is 0. The van der Waals surface area contributed by atoms with Gasteiger partial charge in [-0.05, 0) is 5.56 Å². The second-order valence-corrected chi connectivity index (χ2v) is 3.08. The molecule has 0 aromatic heterocycles. The van der Waals surface area contributed by atoms with Crippen molar-refractivity contribution in [3.8, 4) is 12.3 Å². The molecule has 2 N–H and O–H groups in total. The zero-order chi connectivity index (χ0) is 12.4. The molecule has 0 saturated heterocycles. The number of aliphatic hydroxyl groups excluding tert-OH is 1. The molecule has 0 heterocycles. The Morgan fingerprint density at radius 3 is 2.31 bits per heavy atom. The first kappa shape index (κ1) is 14.2. The summed E-state index contributed by atoms with van der Waals surface area (Å²) in [6, 6.07) is 8.75. The van der Waals surface area contributed by atoms with Gasteiger partial charge in [-0.1, -0.05) is 37.3 Å². The van der Waals surface area contributed by atoms with E-state index in [0.717, 1.165) is 6.42 Å². The lowest BCUT2D eigenvalue weighted by Gasteiger charge is -2.06. The fourth-order valence-corrected chi connectivity index (χ4v) is 0.958. The van der Waals surface area contributed by atoms with Crippen LogP contribution in [0.15, 0.2) is 30.3 Å². The van der Waals surface area contributed by atoms with Crippen LogP contribution in [-0.2, 0) is 4.79 Å². The summed E-state index contributed by atoms with van der Waals surface area (Å²) >= 11 is 0. The van der Waals surface area contributed by atoms with E-state index >= 15 is 0 Å². The number of carbonyl (C=O) groups is 1. The van der Waals surface area contributed by atoms with Crippen molar-refractivity contribution < 1.29 is 15.0 Å². The highest BCUT2D eigenvalue weighted by Crippen LogP contribution is 2.15. The Labute approximate surface area is 95.7 Å². The summed E-state index contributed by atoms with van der Waals surface area (Å²) < 4.78 is 0. The summed E-state index contributed by atoms with van der Waals surface area (Å²) in [6.45, 7) is 1.94. The number of rotatable bonds is 3. The summed E-state index contributed by atoms with van der Waals surface area (Å²) in [5, 5.41) is 17.7. The highest BCUT2D eigenvalue weighted by atomic mass is 16.4. The van der Waals surface area contributed by atoms with Gasteiger partial charge in [0, 0.05) is 6.42 Å². The Morgan fingerprint density at radius 1 is 1.44 bits per heavy atom. The SMILES string of the molecule is C#CCC.O=C(O)CC(O)c1ccccc1. The van der Waals surface area contributed by atoms with Gasteiger partial charge < -0.3 is 10.2 Å². The van der Waals surface area contributed by atoms with Crippen molar-refractivity contribution in [2.75, 3.05) is 0 Å². The molecule has 0 spiro atoms. The summed E-state index contributed by atoms with van der Waals surface area (Å²) in [5.41, 5.74) is 0.639. The van der Waals surface area contributed by atoms with Gasteiger partial charge in [0.1, 0.15) is 0 Å². The number of carboxylic acid groups (broad SMARTS) is 1. The van der Waals surface area contributed by atoms with Crippen LogP contribution in [0.1, 0.15) is 31.4 Å². The smallest absolute Gasteiger partial charge is 0.306 e. The molecule has 1 aromatic rings. The van der Waals surface area contributed by atoms with Crippen LogP contribution in [0.5, 0.6) is 0 Å². The molecule has 1 aromatic carbocycles. The molecule has 0 fully saturated rings. The molecule has 3 heteroatoms. The largest absolute Gasteiger partial charge is 0.481 e. The van der Waals surface area contributed by atoms with Gasteiger partial charge >= 0.3 is 5.97 Å². The zero-order valence-electron chi connectivity index (χ0n) is 9.26. The van der Waals surface area contributed by atoms with Crippen molar-refractivity contribution in [3.63, 3.8) is 0 Å².